The van der Waals surface area contributed by atoms with E-state index in [2.05, 4.69) is 11.2 Å². The van der Waals surface area contributed by atoms with Crippen molar-refractivity contribution >= 4 is 23.4 Å². The van der Waals surface area contributed by atoms with Gasteiger partial charge >= 0.3 is 0 Å². The van der Waals surface area contributed by atoms with Crippen molar-refractivity contribution in [3.8, 4) is 16.8 Å². The molecule has 0 amide bonds. The second-order valence-corrected chi connectivity index (χ2v) is 9.22. The lowest BCUT2D eigenvalue weighted by Crippen LogP contribution is -2.19. The van der Waals surface area contributed by atoms with Crippen LogP contribution in [0.25, 0.3) is 16.8 Å². The molecule has 1 aliphatic rings. The molecule has 1 saturated carbocycles. The maximum Gasteiger partial charge on any atom is 0.250 e. The molecular weight excluding hydrogens is 406 g/mol. The molecule has 4 rings (SSSR count). The third kappa shape index (κ3) is 4.60. The number of thioether (sulfide) groups is 1. The maximum absolute atomic E-state index is 11.9. The summed E-state index contributed by atoms with van der Waals surface area (Å²) in [5, 5.41) is 15.3. The van der Waals surface area contributed by atoms with Gasteiger partial charge in [0, 0.05) is 51.3 Å². The van der Waals surface area contributed by atoms with Crippen molar-refractivity contribution in [2.75, 3.05) is 0 Å². The fourth-order valence-electron chi connectivity index (χ4n) is 3.69. The predicted octanol–water partition coefficient (Wildman–Crippen LogP) is 4.77. The largest absolute Gasteiger partial charge is 0.393 e. The number of halogens is 1. The Morgan fingerprint density at radius 1 is 1.24 bits per heavy atom. The summed E-state index contributed by atoms with van der Waals surface area (Å²) in [5.74, 6) is 0. The highest BCUT2D eigenvalue weighted by molar-refractivity contribution is 8.00. The Labute approximate surface area is 179 Å². The molecule has 1 aromatic carbocycles. The van der Waals surface area contributed by atoms with Crippen molar-refractivity contribution in [3.63, 3.8) is 0 Å². The Morgan fingerprint density at radius 3 is 2.83 bits per heavy atom. The molecular formula is C22H24ClN3O2S. The van der Waals surface area contributed by atoms with E-state index in [-0.39, 0.29) is 11.7 Å². The number of benzene rings is 1. The zero-order valence-electron chi connectivity index (χ0n) is 16.3. The lowest BCUT2D eigenvalue weighted by molar-refractivity contribution is 0.183. The lowest BCUT2D eigenvalue weighted by atomic mass is 10.1. The van der Waals surface area contributed by atoms with Gasteiger partial charge in [0.05, 0.1) is 18.0 Å². The number of aliphatic hydroxyl groups is 1. The van der Waals surface area contributed by atoms with Gasteiger partial charge in [0.1, 0.15) is 0 Å². The van der Waals surface area contributed by atoms with Gasteiger partial charge in [0.25, 0.3) is 5.56 Å². The Kier molecular flexibility index (Phi) is 6.13. The Balaban J connectivity index is 1.55. The van der Waals surface area contributed by atoms with E-state index in [0.717, 1.165) is 47.4 Å². The van der Waals surface area contributed by atoms with E-state index in [4.69, 9.17) is 11.6 Å². The molecule has 2 heterocycles. The second-order valence-electron chi connectivity index (χ2n) is 7.44. The third-order valence-corrected chi connectivity index (χ3v) is 6.79. The van der Waals surface area contributed by atoms with E-state index >= 15 is 0 Å². The van der Waals surface area contributed by atoms with Gasteiger partial charge in [-0.1, -0.05) is 24.6 Å². The standard InChI is InChI=1S/C22H24ClN3O2S/c1-2-9-25-14-16(3-8-22(25)28)26-13-15(12-24-26)20-7-6-19(11-21(20)23)29-18-5-4-17(27)10-18/h3,6-8,11-14,17-18,27H,2,4-5,9-10H2,1H3. The SMILES string of the molecule is CCCn1cc(-n2cc(-c3ccc(SC4CCC(O)C4)cc3Cl)cn2)ccc1=O. The molecule has 7 heteroatoms. The van der Waals surface area contributed by atoms with Crippen molar-refractivity contribution in [2.45, 2.75) is 55.4 Å². The highest BCUT2D eigenvalue weighted by Crippen LogP contribution is 2.38. The zero-order valence-corrected chi connectivity index (χ0v) is 17.9. The topological polar surface area (TPSA) is 60.1 Å². The molecule has 2 atom stereocenters. The molecule has 5 nitrogen and oxygen atoms in total. The number of aromatic nitrogens is 3. The van der Waals surface area contributed by atoms with E-state index in [0.29, 0.717) is 16.8 Å². The minimum atomic E-state index is -0.167. The molecule has 1 N–H and O–H groups in total. The molecule has 29 heavy (non-hydrogen) atoms. The van der Waals surface area contributed by atoms with Crippen LogP contribution in [0, 0.1) is 0 Å². The van der Waals surface area contributed by atoms with E-state index in [9.17, 15) is 9.90 Å². The van der Waals surface area contributed by atoms with Crippen LogP contribution in [0.4, 0.5) is 0 Å². The molecule has 3 aromatic rings. The minimum absolute atomic E-state index is 0.00565. The monoisotopic (exact) mass is 429 g/mol. The fourth-order valence-corrected chi connectivity index (χ4v) is 5.34. The first kappa shape index (κ1) is 20.3. The van der Waals surface area contributed by atoms with Crippen LogP contribution in [-0.2, 0) is 6.54 Å². The van der Waals surface area contributed by atoms with Gasteiger partial charge in [-0.25, -0.2) is 4.68 Å². The summed E-state index contributed by atoms with van der Waals surface area (Å²) in [5.41, 5.74) is 2.69. The van der Waals surface area contributed by atoms with Crippen molar-refractivity contribution in [3.05, 3.63) is 64.3 Å². The van der Waals surface area contributed by atoms with E-state index < -0.39 is 0 Å². The Morgan fingerprint density at radius 2 is 2.10 bits per heavy atom. The Bertz CT molecular complexity index is 1060. The molecule has 0 aliphatic heterocycles. The van der Waals surface area contributed by atoms with Gasteiger partial charge in [-0.15, -0.1) is 11.8 Å². The first-order chi connectivity index (χ1) is 14.0. The fraction of sp³-hybridized carbons (Fsp3) is 0.364. The zero-order chi connectivity index (χ0) is 20.4. The van der Waals surface area contributed by atoms with Crippen LogP contribution in [0.2, 0.25) is 5.02 Å². The number of hydrogen-bond acceptors (Lipinski definition) is 4. The molecule has 0 spiro atoms. The van der Waals surface area contributed by atoms with E-state index in [1.807, 2.05) is 31.5 Å². The average molecular weight is 430 g/mol. The summed E-state index contributed by atoms with van der Waals surface area (Å²) in [4.78, 5) is 13.1. The lowest BCUT2D eigenvalue weighted by Gasteiger charge is -2.10. The quantitative estimate of drug-likeness (QED) is 0.613. The summed E-state index contributed by atoms with van der Waals surface area (Å²) >= 11 is 8.36. The molecule has 0 radical (unpaired) electrons. The Hall–Kier alpha value is -2.02. The van der Waals surface area contributed by atoms with Crippen molar-refractivity contribution in [2.24, 2.45) is 0 Å². The second kappa shape index (κ2) is 8.78. The summed E-state index contributed by atoms with van der Waals surface area (Å²) in [6.45, 7) is 2.73. The van der Waals surface area contributed by atoms with Crippen LogP contribution in [0.5, 0.6) is 0 Å². The number of aryl methyl sites for hydroxylation is 1. The third-order valence-electron chi connectivity index (χ3n) is 5.19. The molecule has 1 fully saturated rings. The van der Waals surface area contributed by atoms with Crippen LogP contribution < -0.4 is 5.56 Å². The van der Waals surface area contributed by atoms with Crippen LogP contribution >= 0.6 is 23.4 Å². The molecule has 2 unspecified atom stereocenters. The van der Waals surface area contributed by atoms with Gasteiger partial charge in [-0.2, -0.15) is 5.10 Å². The highest BCUT2D eigenvalue weighted by atomic mass is 35.5. The van der Waals surface area contributed by atoms with Gasteiger partial charge in [0.2, 0.25) is 0 Å². The molecule has 1 aliphatic carbocycles. The first-order valence-corrected chi connectivity index (χ1v) is 11.2. The number of pyridine rings is 1. The first-order valence-electron chi connectivity index (χ1n) is 9.93. The van der Waals surface area contributed by atoms with Crippen LogP contribution in [0.1, 0.15) is 32.6 Å². The number of hydrogen-bond donors (Lipinski definition) is 1. The number of rotatable bonds is 6. The van der Waals surface area contributed by atoms with Crippen molar-refractivity contribution < 1.29 is 5.11 Å². The summed E-state index contributed by atoms with van der Waals surface area (Å²) < 4.78 is 3.47. The highest BCUT2D eigenvalue weighted by Gasteiger charge is 2.23. The predicted molar refractivity (Wildman–Crippen MR) is 118 cm³/mol. The van der Waals surface area contributed by atoms with Gasteiger partial charge in [-0.3, -0.25) is 4.79 Å². The minimum Gasteiger partial charge on any atom is -0.393 e. The van der Waals surface area contributed by atoms with Crippen molar-refractivity contribution in [1.82, 2.24) is 14.3 Å². The van der Waals surface area contributed by atoms with Gasteiger partial charge in [0.15, 0.2) is 0 Å². The molecule has 0 saturated heterocycles. The molecule has 2 aromatic heterocycles. The van der Waals surface area contributed by atoms with E-state index in [1.54, 1.807) is 39.3 Å². The normalized spacial score (nSPS) is 19.0. The van der Waals surface area contributed by atoms with Crippen molar-refractivity contribution in [1.29, 1.82) is 0 Å². The summed E-state index contributed by atoms with van der Waals surface area (Å²) in [6.07, 6.45) is 9.05. The van der Waals surface area contributed by atoms with Gasteiger partial charge in [-0.05, 0) is 43.9 Å². The average Bonchev–Trinajstić information content (AvgIpc) is 3.33. The summed E-state index contributed by atoms with van der Waals surface area (Å²) in [7, 11) is 0. The smallest absolute Gasteiger partial charge is 0.250 e. The van der Waals surface area contributed by atoms with Crippen LogP contribution in [0.3, 0.4) is 0 Å². The number of nitrogens with zero attached hydrogens (tertiary/aromatic N) is 3. The summed E-state index contributed by atoms with van der Waals surface area (Å²) in [6, 6.07) is 9.45. The molecule has 0 bridgehead atoms. The van der Waals surface area contributed by atoms with Crippen LogP contribution in [-0.4, -0.2) is 30.8 Å². The van der Waals surface area contributed by atoms with Crippen LogP contribution in [0.15, 0.2) is 58.6 Å². The maximum atomic E-state index is 11.9. The number of aliphatic hydroxyl groups excluding tert-OH is 1. The van der Waals surface area contributed by atoms with Gasteiger partial charge < -0.3 is 9.67 Å². The van der Waals surface area contributed by atoms with E-state index in [1.165, 1.54) is 0 Å². The molecule has 152 valence electrons.